The van der Waals surface area contributed by atoms with Crippen molar-refractivity contribution in [2.45, 2.75) is 45.6 Å². The average molecular weight is 224 g/mol. The zero-order valence-corrected chi connectivity index (χ0v) is 10.3. The topological polar surface area (TPSA) is 53.4 Å². The van der Waals surface area contributed by atoms with Crippen molar-refractivity contribution in [3.05, 3.63) is 12.2 Å². The summed E-state index contributed by atoms with van der Waals surface area (Å²) in [5.74, 6) is 0.201. The van der Waals surface area contributed by atoms with Crippen LogP contribution in [-0.4, -0.2) is 29.0 Å². The molecule has 1 N–H and O–H groups in total. The molecule has 1 saturated heterocycles. The maximum Gasteiger partial charge on any atom is 0.415 e. The minimum atomic E-state index is -0.523. The van der Waals surface area contributed by atoms with Crippen LogP contribution < -0.4 is 0 Å². The first-order chi connectivity index (χ1) is 7.31. The van der Waals surface area contributed by atoms with Crippen molar-refractivity contribution >= 4 is 11.9 Å². The van der Waals surface area contributed by atoms with Crippen molar-refractivity contribution in [2.24, 2.45) is 0 Å². The van der Waals surface area contributed by atoms with E-state index in [0.29, 0.717) is 12.1 Å². The number of carbonyl (C=O) groups is 1. The molecule has 1 fully saturated rings. The molecule has 1 aliphatic heterocycles. The second-order valence-electron chi connectivity index (χ2n) is 5.04. The van der Waals surface area contributed by atoms with Gasteiger partial charge in [-0.05, 0) is 45.6 Å². The summed E-state index contributed by atoms with van der Waals surface area (Å²) in [6.07, 6.45) is 2.21. The zero-order valence-electron chi connectivity index (χ0n) is 10.3. The summed E-state index contributed by atoms with van der Waals surface area (Å²) in [5.41, 5.74) is 0.189. The Labute approximate surface area is 96.8 Å². The molecule has 1 heterocycles. The molecular formula is C12H20N2O2. The molecule has 1 aliphatic rings. The predicted molar refractivity (Wildman–Crippen MR) is 63.7 cm³/mol. The van der Waals surface area contributed by atoms with Gasteiger partial charge in [-0.15, -0.1) is 0 Å². The lowest BCUT2D eigenvalue weighted by molar-refractivity contribution is 0.0370. The number of nitrogens with one attached hydrogen (secondary N) is 1. The Hall–Kier alpha value is -1.32. The van der Waals surface area contributed by atoms with Gasteiger partial charge in [-0.2, -0.15) is 0 Å². The second kappa shape index (κ2) is 4.68. The molecule has 4 heteroatoms. The zero-order chi connectivity index (χ0) is 12.3. The van der Waals surface area contributed by atoms with Crippen LogP contribution in [0, 0.1) is 5.41 Å². The van der Waals surface area contributed by atoms with Gasteiger partial charge >= 0.3 is 6.09 Å². The van der Waals surface area contributed by atoms with Gasteiger partial charge in [0.2, 0.25) is 0 Å². The number of hydrogen-bond donors (Lipinski definition) is 1. The third kappa shape index (κ3) is 3.36. The lowest BCUT2D eigenvalue weighted by Gasteiger charge is -2.26. The van der Waals surface area contributed by atoms with E-state index in [4.69, 9.17) is 10.1 Å². The van der Waals surface area contributed by atoms with Gasteiger partial charge in [-0.3, -0.25) is 10.3 Å². The van der Waals surface area contributed by atoms with Crippen LogP contribution in [0.3, 0.4) is 0 Å². The molecule has 0 saturated carbocycles. The molecule has 1 rings (SSSR count). The van der Waals surface area contributed by atoms with Gasteiger partial charge in [0.05, 0.1) is 0 Å². The molecule has 0 bridgehead atoms. The van der Waals surface area contributed by atoms with Gasteiger partial charge in [0.1, 0.15) is 11.4 Å². The number of ether oxygens (including phenoxy) is 1. The highest BCUT2D eigenvalue weighted by atomic mass is 16.6. The molecule has 4 nitrogen and oxygen atoms in total. The maximum atomic E-state index is 11.8. The number of rotatable bonds is 0. The van der Waals surface area contributed by atoms with E-state index in [9.17, 15) is 4.79 Å². The van der Waals surface area contributed by atoms with E-state index < -0.39 is 11.7 Å². The van der Waals surface area contributed by atoms with Gasteiger partial charge in [0.15, 0.2) is 0 Å². The quantitative estimate of drug-likeness (QED) is 0.687. The number of likely N-dealkylation sites (tertiary alicyclic amines) is 1. The van der Waals surface area contributed by atoms with E-state index in [2.05, 4.69) is 6.58 Å². The molecular weight excluding hydrogens is 204 g/mol. The molecule has 0 aromatic carbocycles. The lowest BCUT2D eigenvalue weighted by atomic mass is 10.1. The van der Waals surface area contributed by atoms with Crippen molar-refractivity contribution in [3.8, 4) is 0 Å². The monoisotopic (exact) mass is 224 g/mol. The van der Waals surface area contributed by atoms with Crippen molar-refractivity contribution in [3.63, 3.8) is 0 Å². The van der Waals surface area contributed by atoms with Gasteiger partial charge in [0.25, 0.3) is 0 Å². The minimum Gasteiger partial charge on any atom is -0.443 e. The summed E-state index contributed by atoms with van der Waals surface area (Å²) in [5, 5.41) is 7.86. The van der Waals surface area contributed by atoms with Crippen molar-refractivity contribution in [1.82, 2.24) is 4.90 Å². The Balaban J connectivity index is 2.73. The molecule has 90 valence electrons. The maximum absolute atomic E-state index is 11.8. The molecule has 16 heavy (non-hydrogen) atoms. The van der Waals surface area contributed by atoms with Crippen molar-refractivity contribution < 1.29 is 9.53 Å². The Morgan fingerprint density at radius 2 is 2.06 bits per heavy atom. The number of amides is 1. The first kappa shape index (κ1) is 12.7. The normalized spacial score (nSPS) is 18.3. The van der Waals surface area contributed by atoms with E-state index in [-0.39, 0.29) is 5.84 Å². The molecule has 0 aromatic rings. The molecule has 0 unspecified atom stereocenters. The van der Waals surface area contributed by atoms with Gasteiger partial charge in [-0.1, -0.05) is 6.58 Å². The highest BCUT2D eigenvalue weighted by Crippen LogP contribution is 2.18. The van der Waals surface area contributed by atoms with Crippen LogP contribution in [0.4, 0.5) is 4.79 Å². The Morgan fingerprint density at radius 3 is 2.62 bits per heavy atom. The van der Waals surface area contributed by atoms with E-state index in [1.165, 1.54) is 4.90 Å². The summed E-state index contributed by atoms with van der Waals surface area (Å²) in [7, 11) is 0. The molecule has 0 aromatic heterocycles. The molecule has 0 aliphatic carbocycles. The Bertz CT molecular complexity index is 315. The highest BCUT2D eigenvalue weighted by molar-refractivity contribution is 6.04. The summed E-state index contributed by atoms with van der Waals surface area (Å²) in [4.78, 5) is 13.2. The van der Waals surface area contributed by atoms with E-state index in [1.54, 1.807) is 0 Å². The number of nitrogens with zero attached hydrogens (tertiary/aromatic N) is 1. The first-order valence-electron chi connectivity index (χ1n) is 5.58. The van der Waals surface area contributed by atoms with E-state index >= 15 is 0 Å². The van der Waals surface area contributed by atoms with Crippen LogP contribution in [0.15, 0.2) is 12.2 Å². The SMILES string of the molecule is C=C1CCCCN(C(=O)OC(C)(C)C)C1=N. The second-order valence-corrected chi connectivity index (χ2v) is 5.04. The van der Waals surface area contributed by atoms with Crippen LogP contribution in [0.2, 0.25) is 0 Å². The summed E-state index contributed by atoms with van der Waals surface area (Å²) < 4.78 is 5.26. The summed E-state index contributed by atoms with van der Waals surface area (Å²) in [6.45, 7) is 9.82. The van der Waals surface area contributed by atoms with Crippen molar-refractivity contribution in [1.29, 1.82) is 5.41 Å². The highest BCUT2D eigenvalue weighted by Gasteiger charge is 2.27. The predicted octanol–water partition coefficient (Wildman–Crippen LogP) is 2.94. The molecule has 0 radical (unpaired) electrons. The van der Waals surface area contributed by atoms with Crippen LogP contribution >= 0.6 is 0 Å². The Morgan fingerprint density at radius 1 is 1.44 bits per heavy atom. The smallest absolute Gasteiger partial charge is 0.415 e. The van der Waals surface area contributed by atoms with Gasteiger partial charge < -0.3 is 4.74 Å². The van der Waals surface area contributed by atoms with Crippen LogP contribution in [0.25, 0.3) is 0 Å². The lowest BCUT2D eigenvalue weighted by Crippen LogP contribution is -2.40. The largest absolute Gasteiger partial charge is 0.443 e. The fraction of sp³-hybridized carbons (Fsp3) is 0.667. The van der Waals surface area contributed by atoms with Gasteiger partial charge in [-0.25, -0.2) is 4.79 Å². The Kier molecular flexibility index (Phi) is 3.73. The molecule has 0 atom stereocenters. The standard InChI is InChI=1S/C12H20N2O2/c1-9-7-5-6-8-14(10(9)13)11(15)16-12(2,3)4/h13H,1,5-8H2,2-4H3. The van der Waals surface area contributed by atoms with Gasteiger partial charge in [0, 0.05) is 6.54 Å². The fourth-order valence-corrected chi connectivity index (χ4v) is 1.53. The third-order valence-electron chi connectivity index (χ3n) is 2.33. The number of carbonyl (C=O) groups excluding carboxylic acids is 1. The number of amidine groups is 1. The van der Waals surface area contributed by atoms with E-state index in [0.717, 1.165) is 19.3 Å². The van der Waals surface area contributed by atoms with Crippen LogP contribution in [0.5, 0.6) is 0 Å². The third-order valence-corrected chi connectivity index (χ3v) is 2.33. The summed E-state index contributed by atoms with van der Waals surface area (Å²) in [6, 6.07) is 0. The van der Waals surface area contributed by atoms with E-state index in [1.807, 2.05) is 20.8 Å². The van der Waals surface area contributed by atoms with Crippen molar-refractivity contribution in [2.75, 3.05) is 6.54 Å². The summed E-state index contributed by atoms with van der Waals surface area (Å²) >= 11 is 0. The number of hydrogen-bond acceptors (Lipinski definition) is 3. The molecule has 1 amide bonds. The van der Waals surface area contributed by atoms with Crippen LogP contribution in [0.1, 0.15) is 40.0 Å². The fourth-order valence-electron chi connectivity index (χ4n) is 1.53. The average Bonchev–Trinajstić information content (AvgIpc) is 2.27. The minimum absolute atomic E-state index is 0.201. The van der Waals surface area contributed by atoms with Crippen LogP contribution in [-0.2, 0) is 4.74 Å². The molecule has 0 spiro atoms. The first-order valence-corrected chi connectivity index (χ1v) is 5.58.